The molecule has 1 aliphatic rings. The van der Waals surface area contributed by atoms with E-state index in [9.17, 15) is 25.2 Å². The zero-order chi connectivity index (χ0) is 48.5. The second kappa shape index (κ2) is 49.9. The maximum absolute atomic E-state index is 12.9. The summed E-state index contributed by atoms with van der Waals surface area (Å²) >= 11 is 0. The van der Waals surface area contributed by atoms with Gasteiger partial charge in [0.15, 0.2) is 6.29 Å². The number of aliphatic hydroxyl groups excluding tert-OH is 4. The number of rotatable bonds is 52. The third kappa shape index (κ3) is 40.2. The molecule has 1 saturated heterocycles. The summed E-state index contributed by atoms with van der Waals surface area (Å²) < 4.78 is 23.0. The lowest BCUT2D eigenvalue weighted by molar-refractivity contribution is -0.305. The second-order valence-electron chi connectivity index (χ2n) is 20.5. The zero-order valence-electron chi connectivity index (χ0n) is 44.2. The molecule has 0 aliphatic carbocycles. The van der Waals surface area contributed by atoms with Gasteiger partial charge in [-0.25, -0.2) is 0 Å². The summed E-state index contributed by atoms with van der Waals surface area (Å²) in [7, 11) is 0. The van der Waals surface area contributed by atoms with Crippen molar-refractivity contribution in [1.82, 2.24) is 0 Å². The number of hydrogen-bond donors (Lipinski definition) is 4. The zero-order valence-corrected chi connectivity index (χ0v) is 44.2. The molecule has 1 fully saturated rings. The molecular weight excluding hydrogens is 841 g/mol. The van der Waals surface area contributed by atoms with Crippen LogP contribution in [0, 0.1) is 0 Å². The molecule has 6 atom stereocenters. The first kappa shape index (κ1) is 63.9. The van der Waals surface area contributed by atoms with E-state index in [1.165, 1.54) is 238 Å². The minimum atomic E-state index is -1.53. The van der Waals surface area contributed by atoms with Crippen molar-refractivity contribution < 1.29 is 44.2 Å². The van der Waals surface area contributed by atoms with Crippen molar-refractivity contribution in [2.24, 2.45) is 0 Å². The van der Waals surface area contributed by atoms with Crippen molar-refractivity contribution in [3.63, 3.8) is 0 Å². The van der Waals surface area contributed by atoms with Crippen molar-refractivity contribution in [2.75, 3.05) is 26.4 Å². The second-order valence-corrected chi connectivity index (χ2v) is 20.5. The van der Waals surface area contributed by atoms with Gasteiger partial charge in [0.2, 0.25) is 0 Å². The van der Waals surface area contributed by atoms with Crippen LogP contribution in [-0.2, 0) is 23.7 Å². The summed E-state index contributed by atoms with van der Waals surface area (Å²) in [5.41, 5.74) is 0. The number of allylic oxidation sites excluding steroid dienone is 2. The van der Waals surface area contributed by atoms with Crippen molar-refractivity contribution in [1.29, 1.82) is 0 Å². The van der Waals surface area contributed by atoms with Gasteiger partial charge in [0.25, 0.3) is 0 Å². The SMILES string of the molecule is CCCCCCCC/C=C\CCCCCCCCCCCC(=O)OC(COCCCCCCCCCCCCCCCCCCCCCCCCCCC)COC1OC(CO)C(O)C(O)C1O. The molecule has 0 aromatic rings. The Bertz CT molecular complexity index is 1040. The Morgan fingerprint density at radius 2 is 0.821 bits per heavy atom. The largest absolute Gasteiger partial charge is 0.457 e. The molecule has 67 heavy (non-hydrogen) atoms. The molecule has 0 amide bonds. The molecule has 0 radical (unpaired) electrons. The minimum absolute atomic E-state index is 0.108. The summed E-state index contributed by atoms with van der Waals surface area (Å²) in [5, 5.41) is 40.3. The quantitative estimate of drug-likeness (QED) is 0.0267. The van der Waals surface area contributed by atoms with Gasteiger partial charge in [0.1, 0.15) is 30.5 Å². The first-order valence-corrected chi connectivity index (χ1v) is 29.3. The predicted molar refractivity (Wildman–Crippen MR) is 279 cm³/mol. The topological polar surface area (TPSA) is 135 Å². The number of carbonyl (C=O) groups excluding carboxylic acids is 1. The molecule has 0 aromatic heterocycles. The number of ether oxygens (including phenoxy) is 4. The number of unbranched alkanes of at least 4 members (excludes halogenated alkanes) is 39. The van der Waals surface area contributed by atoms with E-state index in [0.29, 0.717) is 13.0 Å². The summed E-state index contributed by atoms with van der Waals surface area (Å²) in [6.07, 6.45) is 52.7. The van der Waals surface area contributed by atoms with Crippen LogP contribution in [0.1, 0.15) is 290 Å². The first-order valence-electron chi connectivity index (χ1n) is 29.3. The summed E-state index contributed by atoms with van der Waals surface area (Å²) in [5.74, 6) is -0.308. The van der Waals surface area contributed by atoms with Crippen LogP contribution in [0.25, 0.3) is 0 Å². The van der Waals surface area contributed by atoms with Crippen molar-refractivity contribution >= 4 is 5.97 Å². The summed E-state index contributed by atoms with van der Waals surface area (Å²) in [6, 6.07) is 0. The van der Waals surface area contributed by atoms with E-state index in [4.69, 9.17) is 18.9 Å². The van der Waals surface area contributed by atoms with E-state index < -0.39 is 43.4 Å². The van der Waals surface area contributed by atoms with Crippen LogP contribution in [0.2, 0.25) is 0 Å². The highest BCUT2D eigenvalue weighted by Gasteiger charge is 2.44. The number of hydrogen-bond acceptors (Lipinski definition) is 9. The molecule has 1 aliphatic heterocycles. The van der Waals surface area contributed by atoms with E-state index in [-0.39, 0.29) is 19.2 Å². The van der Waals surface area contributed by atoms with Crippen LogP contribution in [0.5, 0.6) is 0 Å². The molecule has 9 heteroatoms. The molecule has 0 spiro atoms. The summed E-state index contributed by atoms with van der Waals surface area (Å²) in [6.45, 7) is 4.63. The van der Waals surface area contributed by atoms with Crippen LogP contribution in [-0.4, -0.2) is 89.6 Å². The fourth-order valence-corrected chi connectivity index (χ4v) is 9.37. The average Bonchev–Trinajstić information content (AvgIpc) is 3.33. The molecule has 398 valence electrons. The lowest BCUT2D eigenvalue weighted by Gasteiger charge is -2.39. The maximum atomic E-state index is 12.9. The van der Waals surface area contributed by atoms with E-state index in [1.807, 2.05) is 0 Å². The van der Waals surface area contributed by atoms with E-state index >= 15 is 0 Å². The number of aliphatic hydroxyl groups is 4. The van der Waals surface area contributed by atoms with Gasteiger partial charge in [0.05, 0.1) is 19.8 Å². The van der Waals surface area contributed by atoms with Gasteiger partial charge in [-0.2, -0.15) is 0 Å². The highest BCUT2D eigenvalue weighted by atomic mass is 16.7. The molecule has 0 aromatic carbocycles. The highest BCUT2D eigenvalue weighted by molar-refractivity contribution is 5.69. The van der Waals surface area contributed by atoms with Gasteiger partial charge in [-0.3, -0.25) is 4.79 Å². The fraction of sp³-hybridized carbons (Fsp3) is 0.948. The van der Waals surface area contributed by atoms with Crippen LogP contribution in [0.3, 0.4) is 0 Å². The van der Waals surface area contributed by atoms with Crippen LogP contribution in [0.4, 0.5) is 0 Å². The molecular formula is C58H112O9. The average molecular weight is 954 g/mol. The van der Waals surface area contributed by atoms with E-state index in [0.717, 1.165) is 32.1 Å². The Morgan fingerprint density at radius 3 is 1.21 bits per heavy atom. The Balaban J connectivity index is 2.12. The fourth-order valence-electron chi connectivity index (χ4n) is 9.37. The van der Waals surface area contributed by atoms with Crippen molar-refractivity contribution in [3.8, 4) is 0 Å². The Kier molecular flexibility index (Phi) is 47.6. The number of carbonyl (C=O) groups is 1. The summed E-state index contributed by atoms with van der Waals surface area (Å²) in [4.78, 5) is 12.9. The van der Waals surface area contributed by atoms with Crippen molar-refractivity contribution in [2.45, 2.75) is 327 Å². The molecule has 1 rings (SSSR count). The van der Waals surface area contributed by atoms with Crippen molar-refractivity contribution in [3.05, 3.63) is 12.2 Å². The molecule has 9 nitrogen and oxygen atoms in total. The van der Waals surface area contributed by atoms with Gasteiger partial charge >= 0.3 is 5.97 Å². The minimum Gasteiger partial charge on any atom is -0.457 e. The highest BCUT2D eigenvalue weighted by Crippen LogP contribution is 2.23. The lowest BCUT2D eigenvalue weighted by Crippen LogP contribution is -2.59. The van der Waals surface area contributed by atoms with Gasteiger partial charge in [0, 0.05) is 13.0 Å². The first-order chi connectivity index (χ1) is 32.9. The monoisotopic (exact) mass is 953 g/mol. The predicted octanol–water partition coefficient (Wildman–Crippen LogP) is 15.1. The molecule has 0 saturated carbocycles. The normalized spacial score (nSPS) is 19.2. The Labute approximate surface area is 414 Å². The Hall–Kier alpha value is -1.07. The third-order valence-electron chi connectivity index (χ3n) is 13.9. The standard InChI is InChI=1S/C58H112O9/c1-3-5-7-9-11-13-15-17-19-21-23-24-25-26-27-28-30-32-34-36-38-40-42-44-46-48-64-50-52(51-65-58-57(63)56(62)55(61)53(49-59)67-58)66-54(60)47-45-43-41-39-37-35-33-31-29-22-20-18-16-14-12-10-8-6-4-2/h18,20,52-53,55-59,61-63H,3-17,19,21-51H2,1-2H3/b20-18-. The van der Waals surface area contributed by atoms with E-state index in [2.05, 4.69) is 26.0 Å². The van der Waals surface area contributed by atoms with Crippen LogP contribution < -0.4 is 0 Å². The molecule has 4 N–H and O–H groups in total. The third-order valence-corrected chi connectivity index (χ3v) is 13.9. The van der Waals surface area contributed by atoms with Gasteiger partial charge in [-0.1, -0.05) is 257 Å². The molecule has 0 bridgehead atoms. The van der Waals surface area contributed by atoms with Crippen LogP contribution >= 0.6 is 0 Å². The maximum Gasteiger partial charge on any atom is 0.306 e. The van der Waals surface area contributed by atoms with Gasteiger partial charge in [-0.05, 0) is 38.5 Å². The number of esters is 1. The Morgan fingerprint density at radius 1 is 0.463 bits per heavy atom. The van der Waals surface area contributed by atoms with E-state index in [1.54, 1.807) is 0 Å². The smallest absolute Gasteiger partial charge is 0.306 e. The van der Waals surface area contributed by atoms with Crippen LogP contribution in [0.15, 0.2) is 12.2 Å². The molecule has 6 unspecified atom stereocenters. The van der Waals surface area contributed by atoms with Gasteiger partial charge < -0.3 is 39.4 Å². The van der Waals surface area contributed by atoms with Gasteiger partial charge in [-0.15, -0.1) is 0 Å². The molecule has 1 heterocycles. The lowest BCUT2D eigenvalue weighted by atomic mass is 9.99.